The van der Waals surface area contributed by atoms with E-state index in [1.54, 1.807) is 12.1 Å². The van der Waals surface area contributed by atoms with Gasteiger partial charge in [-0.3, -0.25) is 0 Å². The summed E-state index contributed by atoms with van der Waals surface area (Å²) in [6.45, 7) is 5.37. The molecule has 0 atom stereocenters. The van der Waals surface area contributed by atoms with Crippen molar-refractivity contribution in [3.05, 3.63) is 35.6 Å². The van der Waals surface area contributed by atoms with Gasteiger partial charge in [0.2, 0.25) is 0 Å². The molecule has 0 saturated carbocycles. The van der Waals surface area contributed by atoms with Gasteiger partial charge in [0.1, 0.15) is 5.82 Å². The van der Waals surface area contributed by atoms with Crippen molar-refractivity contribution >= 4 is 29.9 Å². The van der Waals surface area contributed by atoms with Gasteiger partial charge in [0.05, 0.1) is 6.54 Å². The monoisotopic (exact) mass is 377 g/mol. The number of rotatable bonds is 3. The molecule has 0 aromatic heterocycles. The summed E-state index contributed by atoms with van der Waals surface area (Å²) in [5, 5.41) is 3.27. The molecular formula is C14H21FIN3. The van der Waals surface area contributed by atoms with Crippen LogP contribution in [-0.4, -0.2) is 30.5 Å². The van der Waals surface area contributed by atoms with Crippen LogP contribution < -0.4 is 5.32 Å². The van der Waals surface area contributed by atoms with Gasteiger partial charge in [0, 0.05) is 25.2 Å². The topological polar surface area (TPSA) is 27.6 Å². The number of hydrogen-bond donors (Lipinski definition) is 1. The molecule has 1 N–H and O–H groups in total. The second kappa shape index (κ2) is 8.35. The fourth-order valence-electron chi connectivity index (χ4n) is 2.14. The lowest BCUT2D eigenvalue weighted by molar-refractivity contribution is 0.493. The summed E-state index contributed by atoms with van der Waals surface area (Å²) in [5.41, 5.74) is 0.645. The fraction of sp³-hybridized carbons (Fsp3) is 0.500. The highest BCUT2D eigenvalue weighted by Gasteiger charge is 2.15. The van der Waals surface area contributed by atoms with Crippen molar-refractivity contribution in [1.29, 1.82) is 0 Å². The average Bonchev–Trinajstić information content (AvgIpc) is 2.90. The number of guanidine groups is 1. The van der Waals surface area contributed by atoms with E-state index in [0.29, 0.717) is 12.1 Å². The molecule has 0 bridgehead atoms. The predicted octanol–water partition coefficient (Wildman–Crippen LogP) is 3.01. The summed E-state index contributed by atoms with van der Waals surface area (Å²) in [6.07, 6.45) is 2.42. The van der Waals surface area contributed by atoms with Gasteiger partial charge in [-0.25, -0.2) is 9.38 Å². The number of nitrogens with one attached hydrogen (secondary N) is 1. The van der Waals surface area contributed by atoms with E-state index in [0.717, 1.165) is 25.6 Å². The third-order valence-electron chi connectivity index (χ3n) is 3.10. The number of halogens is 2. The third-order valence-corrected chi connectivity index (χ3v) is 3.10. The Morgan fingerprint density at radius 1 is 1.32 bits per heavy atom. The summed E-state index contributed by atoms with van der Waals surface area (Å²) in [5.74, 6) is 0.719. The Kier molecular flexibility index (Phi) is 7.12. The number of benzene rings is 1. The van der Waals surface area contributed by atoms with Crippen LogP contribution in [0.5, 0.6) is 0 Å². The minimum absolute atomic E-state index is 0. The van der Waals surface area contributed by atoms with Crippen LogP contribution in [0.15, 0.2) is 29.3 Å². The summed E-state index contributed by atoms with van der Waals surface area (Å²) in [6, 6.07) is 6.81. The van der Waals surface area contributed by atoms with Gasteiger partial charge >= 0.3 is 0 Å². The van der Waals surface area contributed by atoms with E-state index in [9.17, 15) is 4.39 Å². The lowest BCUT2D eigenvalue weighted by Gasteiger charge is -2.20. The van der Waals surface area contributed by atoms with Crippen molar-refractivity contribution in [1.82, 2.24) is 10.2 Å². The maximum Gasteiger partial charge on any atom is 0.194 e. The third kappa shape index (κ3) is 4.63. The van der Waals surface area contributed by atoms with Gasteiger partial charge in [0.25, 0.3) is 0 Å². The van der Waals surface area contributed by atoms with Gasteiger partial charge < -0.3 is 10.2 Å². The normalized spacial score (nSPS) is 15.3. The molecule has 0 aliphatic carbocycles. The molecule has 19 heavy (non-hydrogen) atoms. The Morgan fingerprint density at radius 2 is 2.00 bits per heavy atom. The van der Waals surface area contributed by atoms with E-state index in [4.69, 9.17) is 0 Å². The van der Waals surface area contributed by atoms with Gasteiger partial charge in [-0.2, -0.15) is 0 Å². The molecule has 1 heterocycles. The first kappa shape index (κ1) is 16.2. The minimum atomic E-state index is -0.182. The van der Waals surface area contributed by atoms with Crippen LogP contribution in [0.25, 0.3) is 0 Å². The Hall–Kier alpha value is -0.850. The smallest absolute Gasteiger partial charge is 0.194 e. The molecule has 0 spiro atoms. The van der Waals surface area contributed by atoms with Crippen molar-refractivity contribution in [3.8, 4) is 0 Å². The molecule has 2 rings (SSSR count). The lowest BCUT2D eigenvalue weighted by atomic mass is 10.2. The summed E-state index contributed by atoms with van der Waals surface area (Å²) >= 11 is 0. The zero-order valence-corrected chi connectivity index (χ0v) is 13.6. The standard InChI is InChI=1S/C14H20FN3.HI/c1-2-16-14(18-9-5-6-10-18)17-11-12-7-3-4-8-13(12)15;/h3-4,7-8H,2,5-6,9-11H2,1H3,(H,16,17);1H. The van der Waals surface area contributed by atoms with Crippen LogP contribution in [0, 0.1) is 5.82 Å². The van der Waals surface area contributed by atoms with Gasteiger partial charge in [-0.1, -0.05) is 18.2 Å². The Balaban J connectivity index is 0.00000180. The Bertz CT molecular complexity index is 417. The van der Waals surface area contributed by atoms with Crippen molar-refractivity contribution in [2.24, 2.45) is 4.99 Å². The molecule has 1 saturated heterocycles. The number of aliphatic imine (C=N–C) groups is 1. The molecule has 1 aromatic rings. The fourth-order valence-corrected chi connectivity index (χ4v) is 2.14. The van der Waals surface area contributed by atoms with Gasteiger partial charge in [-0.15, -0.1) is 24.0 Å². The van der Waals surface area contributed by atoms with Crippen molar-refractivity contribution < 1.29 is 4.39 Å². The molecule has 1 aliphatic rings. The zero-order chi connectivity index (χ0) is 12.8. The lowest BCUT2D eigenvalue weighted by Crippen LogP contribution is -2.39. The molecule has 0 amide bonds. The van der Waals surface area contributed by atoms with Crippen LogP contribution in [0.3, 0.4) is 0 Å². The second-order valence-corrected chi connectivity index (χ2v) is 4.46. The first-order valence-corrected chi connectivity index (χ1v) is 6.58. The van der Waals surface area contributed by atoms with Crippen LogP contribution in [-0.2, 0) is 6.54 Å². The average molecular weight is 377 g/mol. The Morgan fingerprint density at radius 3 is 2.63 bits per heavy atom. The molecule has 0 unspecified atom stereocenters. The molecule has 3 nitrogen and oxygen atoms in total. The van der Waals surface area contributed by atoms with E-state index >= 15 is 0 Å². The molecule has 106 valence electrons. The van der Waals surface area contributed by atoms with Gasteiger partial charge in [-0.05, 0) is 25.8 Å². The highest BCUT2D eigenvalue weighted by molar-refractivity contribution is 14.0. The maximum absolute atomic E-state index is 13.5. The van der Waals surface area contributed by atoms with E-state index in [-0.39, 0.29) is 29.8 Å². The van der Waals surface area contributed by atoms with Crippen molar-refractivity contribution in [3.63, 3.8) is 0 Å². The molecule has 5 heteroatoms. The Labute approximate surface area is 131 Å². The van der Waals surface area contributed by atoms with Gasteiger partial charge in [0.15, 0.2) is 5.96 Å². The number of likely N-dealkylation sites (tertiary alicyclic amines) is 1. The number of nitrogens with zero attached hydrogens (tertiary/aromatic N) is 2. The first-order valence-electron chi connectivity index (χ1n) is 6.58. The van der Waals surface area contributed by atoms with Crippen LogP contribution >= 0.6 is 24.0 Å². The van der Waals surface area contributed by atoms with Crippen LogP contribution in [0.4, 0.5) is 4.39 Å². The van der Waals surface area contributed by atoms with E-state index < -0.39 is 0 Å². The maximum atomic E-state index is 13.5. The summed E-state index contributed by atoms with van der Waals surface area (Å²) in [4.78, 5) is 6.76. The number of hydrogen-bond acceptors (Lipinski definition) is 1. The highest BCUT2D eigenvalue weighted by atomic mass is 127. The van der Waals surface area contributed by atoms with Crippen LogP contribution in [0.1, 0.15) is 25.3 Å². The van der Waals surface area contributed by atoms with E-state index in [1.165, 1.54) is 18.9 Å². The first-order chi connectivity index (χ1) is 8.81. The molecule has 1 aromatic carbocycles. The zero-order valence-electron chi connectivity index (χ0n) is 11.2. The van der Waals surface area contributed by atoms with Crippen LogP contribution in [0.2, 0.25) is 0 Å². The highest BCUT2D eigenvalue weighted by Crippen LogP contribution is 2.10. The van der Waals surface area contributed by atoms with E-state index in [2.05, 4.69) is 22.1 Å². The molecular weight excluding hydrogens is 356 g/mol. The van der Waals surface area contributed by atoms with Crippen molar-refractivity contribution in [2.75, 3.05) is 19.6 Å². The predicted molar refractivity (Wildman–Crippen MR) is 87.4 cm³/mol. The largest absolute Gasteiger partial charge is 0.357 e. The minimum Gasteiger partial charge on any atom is -0.357 e. The molecule has 1 fully saturated rings. The van der Waals surface area contributed by atoms with E-state index in [1.807, 2.05) is 6.07 Å². The summed E-state index contributed by atoms with van der Waals surface area (Å²) in [7, 11) is 0. The quantitative estimate of drug-likeness (QED) is 0.498. The SMILES string of the molecule is CCNC(=NCc1ccccc1F)N1CCCC1.I. The second-order valence-electron chi connectivity index (χ2n) is 4.46. The molecule has 0 radical (unpaired) electrons. The summed E-state index contributed by atoms with van der Waals surface area (Å²) < 4.78 is 13.5. The van der Waals surface area contributed by atoms with Crippen molar-refractivity contribution in [2.45, 2.75) is 26.3 Å². The molecule has 1 aliphatic heterocycles.